The Labute approximate surface area is 59.5 Å². The summed E-state index contributed by atoms with van der Waals surface area (Å²) in [5, 5.41) is 7.80. The van der Waals surface area contributed by atoms with Crippen LogP contribution in [-0.2, 0) is 0 Å². The predicted molar refractivity (Wildman–Crippen MR) is 39.5 cm³/mol. The monoisotopic (exact) mass is 146 g/mol. The summed E-state index contributed by atoms with van der Waals surface area (Å²) in [5.74, 6) is 0.569. The van der Waals surface area contributed by atoms with Crippen molar-refractivity contribution in [3.05, 3.63) is 18.7 Å². The van der Waals surface area contributed by atoms with Crippen molar-refractivity contribution in [3.8, 4) is 0 Å². The highest BCUT2D eigenvalue weighted by atomic mass is 32.1. The van der Waals surface area contributed by atoms with Gasteiger partial charge >= 0.3 is 0 Å². The van der Waals surface area contributed by atoms with Crippen LogP contribution in [0.3, 0.4) is 0 Å². The highest BCUT2D eigenvalue weighted by Gasteiger charge is 1.57. The molecule has 0 spiro atoms. The van der Waals surface area contributed by atoms with Crippen molar-refractivity contribution in [2.45, 2.75) is 0 Å². The largest absolute Gasteiger partial charge is 0.396 e. The average Bonchev–Trinajstić information content (AvgIpc) is 2.43. The first kappa shape index (κ1) is 8.52. The summed E-state index contributed by atoms with van der Waals surface area (Å²) in [5.41, 5.74) is 0. The average molecular weight is 146 g/mol. The molecule has 1 aromatic heterocycles. The van der Waals surface area contributed by atoms with E-state index in [1.54, 1.807) is 18.7 Å². The van der Waals surface area contributed by atoms with Gasteiger partial charge in [-0.2, -0.15) is 12.6 Å². The smallest absolute Gasteiger partial charge is 0.0919 e. The second-order valence-electron chi connectivity index (χ2n) is 1.21. The van der Waals surface area contributed by atoms with E-state index in [1.807, 2.05) is 0 Å². The van der Waals surface area contributed by atoms with Crippen molar-refractivity contribution < 1.29 is 5.11 Å². The summed E-state index contributed by atoms with van der Waals surface area (Å²) in [7, 11) is 0. The molecule has 0 saturated heterocycles. The molecule has 0 fully saturated rings. The number of aliphatic hydroxyl groups is 1. The highest BCUT2D eigenvalue weighted by Crippen LogP contribution is 1.62. The maximum Gasteiger partial charge on any atom is 0.0919 e. The van der Waals surface area contributed by atoms with Crippen molar-refractivity contribution in [1.82, 2.24) is 9.97 Å². The second kappa shape index (κ2) is 7.52. The van der Waals surface area contributed by atoms with Gasteiger partial charge in [-0.1, -0.05) is 0 Å². The van der Waals surface area contributed by atoms with Gasteiger partial charge in [-0.3, -0.25) is 0 Å². The van der Waals surface area contributed by atoms with Crippen LogP contribution in [0.15, 0.2) is 18.7 Å². The molecule has 3 nitrogen and oxygen atoms in total. The topological polar surface area (TPSA) is 48.9 Å². The molecule has 0 bridgehead atoms. The Balaban J connectivity index is 0.000000148. The van der Waals surface area contributed by atoms with Gasteiger partial charge in [-0.15, -0.1) is 0 Å². The number of aromatic nitrogens is 2. The van der Waals surface area contributed by atoms with E-state index in [4.69, 9.17) is 5.11 Å². The lowest BCUT2D eigenvalue weighted by molar-refractivity contribution is 0.323. The van der Waals surface area contributed by atoms with Crippen LogP contribution in [0.1, 0.15) is 0 Å². The lowest BCUT2D eigenvalue weighted by Crippen LogP contribution is -1.76. The van der Waals surface area contributed by atoms with Crippen molar-refractivity contribution >= 4 is 12.6 Å². The number of aromatic amines is 1. The Morgan fingerprint density at radius 1 is 1.67 bits per heavy atom. The molecule has 0 aliphatic heterocycles. The van der Waals surface area contributed by atoms with Crippen molar-refractivity contribution in [2.75, 3.05) is 12.4 Å². The lowest BCUT2D eigenvalue weighted by Gasteiger charge is -1.69. The summed E-state index contributed by atoms with van der Waals surface area (Å²) in [4.78, 5) is 6.42. The number of hydrogen-bond donors (Lipinski definition) is 3. The number of rotatable bonds is 1. The summed E-state index contributed by atoms with van der Waals surface area (Å²) >= 11 is 3.67. The number of nitrogens with zero attached hydrogens (tertiary/aromatic N) is 1. The molecular weight excluding hydrogens is 136 g/mol. The molecule has 52 valence electrons. The molecule has 4 heteroatoms. The standard InChI is InChI=1S/C3H4N2.C2H6OS/c1-2-5-3-4-1;3-1-2-4/h1-3H,(H,4,5);3-4H,1-2H2. The van der Waals surface area contributed by atoms with Gasteiger partial charge in [0.2, 0.25) is 0 Å². The van der Waals surface area contributed by atoms with E-state index in [2.05, 4.69) is 22.6 Å². The number of H-pyrrole nitrogens is 1. The van der Waals surface area contributed by atoms with Gasteiger partial charge in [-0.25, -0.2) is 4.98 Å². The van der Waals surface area contributed by atoms with E-state index in [1.165, 1.54) is 0 Å². The van der Waals surface area contributed by atoms with Crippen LogP contribution in [0, 0.1) is 0 Å². The minimum absolute atomic E-state index is 0.184. The van der Waals surface area contributed by atoms with Crippen molar-refractivity contribution in [2.24, 2.45) is 0 Å². The van der Waals surface area contributed by atoms with E-state index in [-0.39, 0.29) is 6.61 Å². The zero-order chi connectivity index (χ0) is 6.95. The second-order valence-corrected chi connectivity index (χ2v) is 1.66. The van der Waals surface area contributed by atoms with Gasteiger partial charge in [0.1, 0.15) is 0 Å². The van der Waals surface area contributed by atoms with Gasteiger partial charge in [0.15, 0.2) is 0 Å². The molecule has 0 aromatic carbocycles. The number of nitrogens with one attached hydrogen (secondary N) is 1. The van der Waals surface area contributed by atoms with Crippen LogP contribution >= 0.6 is 12.6 Å². The molecule has 1 rings (SSSR count). The summed E-state index contributed by atoms with van der Waals surface area (Å²) in [6.45, 7) is 0.184. The third-order valence-electron chi connectivity index (χ3n) is 0.506. The van der Waals surface area contributed by atoms with E-state index in [0.717, 1.165) is 0 Å². The van der Waals surface area contributed by atoms with Crippen LogP contribution in [0.2, 0.25) is 0 Å². The summed E-state index contributed by atoms with van der Waals surface area (Å²) in [6.07, 6.45) is 5.08. The molecule has 2 N–H and O–H groups in total. The molecule has 9 heavy (non-hydrogen) atoms. The molecule has 0 unspecified atom stereocenters. The van der Waals surface area contributed by atoms with Crippen LogP contribution in [-0.4, -0.2) is 27.4 Å². The fourth-order valence-corrected chi connectivity index (χ4v) is 0.215. The third kappa shape index (κ3) is 7.52. The minimum Gasteiger partial charge on any atom is -0.396 e. The van der Waals surface area contributed by atoms with Gasteiger partial charge < -0.3 is 10.1 Å². The number of hydrogen-bond acceptors (Lipinski definition) is 3. The fourth-order valence-electron chi connectivity index (χ4n) is 0.215. The Hall–Kier alpha value is -0.480. The molecular formula is C5H10N2OS. The number of aliphatic hydroxyl groups excluding tert-OH is 1. The van der Waals surface area contributed by atoms with E-state index >= 15 is 0 Å². The third-order valence-corrected chi connectivity index (χ3v) is 0.706. The lowest BCUT2D eigenvalue weighted by atomic mass is 10.9. The Bertz CT molecular complexity index is 90.5. The van der Waals surface area contributed by atoms with Gasteiger partial charge in [0.05, 0.1) is 12.9 Å². The molecule has 0 atom stereocenters. The van der Waals surface area contributed by atoms with Crippen molar-refractivity contribution in [3.63, 3.8) is 0 Å². The van der Waals surface area contributed by atoms with Gasteiger partial charge in [-0.05, 0) is 0 Å². The van der Waals surface area contributed by atoms with Crippen LogP contribution in [0.4, 0.5) is 0 Å². The Morgan fingerprint density at radius 2 is 2.33 bits per heavy atom. The highest BCUT2D eigenvalue weighted by molar-refractivity contribution is 7.80. The maximum atomic E-state index is 7.80. The first-order chi connectivity index (χ1) is 4.41. The first-order valence-corrected chi connectivity index (χ1v) is 3.19. The normalized spacial score (nSPS) is 7.78. The van der Waals surface area contributed by atoms with Gasteiger partial charge in [0, 0.05) is 18.1 Å². The quantitative estimate of drug-likeness (QED) is 0.500. The van der Waals surface area contributed by atoms with Crippen LogP contribution in [0.25, 0.3) is 0 Å². The molecule has 0 saturated carbocycles. The molecule has 0 amide bonds. The molecule has 1 aromatic rings. The van der Waals surface area contributed by atoms with Crippen molar-refractivity contribution in [1.29, 1.82) is 0 Å². The first-order valence-electron chi connectivity index (χ1n) is 2.56. The zero-order valence-corrected chi connectivity index (χ0v) is 5.88. The van der Waals surface area contributed by atoms with Crippen LogP contribution < -0.4 is 0 Å². The fraction of sp³-hybridized carbons (Fsp3) is 0.400. The maximum absolute atomic E-state index is 7.80. The van der Waals surface area contributed by atoms with E-state index < -0.39 is 0 Å². The molecule has 0 aliphatic carbocycles. The summed E-state index contributed by atoms with van der Waals surface area (Å²) in [6, 6.07) is 0. The minimum atomic E-state index is 0.184. The Morgan fingerprint density at radius 3 is 2.44 bits per heavy atom. The Kier molecular flexibility index (Phi) is 7.12. The molecule has 1 heterocycles. The van der Waals surface area contributed by atoms with Crippen LogP contribution in [0.5, 0.6) is 0 Å². The number of thiol groups is 1. The van der Waals surface area contributed by atoms with E-state index in [9.17, 15) is 0 Å². The SMILES string of the molecule is OCCS.c1c[nH]cn1. The van der Waals surface area contributed by atoms with E-state index in [0.29, 0.717) is 5.75 Å². The summed E-state index contributed by atoms with van der Waals surface area (Å²) < 4.78 is 0. The number of imidazole rings is 1. The zero-order valence-electron chi connectivity index (χ0n) is 4.99. The predicted octanol–water partition coefficient (Wildman–Crippen LogP) is 0.318. The molecule has 0 aliphatic rings. The van der Waals surface area contributed by atoms with Gasteiger partial charge in [0.25, 0.3) is 0 Å². The molecule has 0 radical (unpaired) electrons.